The molecule has 0 saturated carbocycles. The number of carbonyl (C=O) groups is 9. The van der Waals surface area contributed by atoms with Crippen LogP contribution in [0.2, 0.25) is 5.02 Å². The molecule has 4 heterocycles. The number of alkyl carbamates (subject to hydrolysis) is 1. The predicted molar refractivity (Wildman–Crippen MR) is 322 cm³/mol. The fourth-order valence-corrected chi connectivity index (χ4v) is 10.9. The van der Waals surface area contributed by atoms with E-state index < -0.39 is 108 Å². The summed E-state index contributed by atoms with van der Waals surface area (Å²) in [6.07, 6.45) is 3.56. The van der Waals surface area contributed by atoms with Crippen LogP contribution in [0.3, 0.4) is 0 Å². The standard InChI is InChI=1S/C59H79ClN10O15S/c1-32(2)49(66-56(86)63-24-13-14-26-70-45(71)22-23-46(70)72)52(75)65-39(20-16-25-62-55(61)78)51(74)64-38-19-12-11-18-37(38)53(76)68(7)35(5)54(77)84-44-30-47(73)69(8)40-28-36(29-41(81-9)48(40)60)27-33(3)17-15-21-43(82-10)59(80)31-42(83-57(79)67-59)34(4)50-58(44,6)85-50/h11-12,15,17-19,21-23,28-29,32,34-35,39,42-44,49-50,80H,13-14,16,20,24-27,30-31H2,1-10H3,(H,64,74)(H,65,75)(H,67,79)(H3,61,62,78)(H2,63,66,86)/b21-15+,33-17+/t34-,35+,39+,42+,43-,44+,49+,50+,58+,59+/m1/s1. The average Bonchev–Trinajstić information content (AvgIpc) is 1.70. The number of unbranched alkanes of at least 4 members (excludes halogenated alkanes) is 1. The lowest BCUT2D eigenvalue weighted by atomic mass is 9.83. The van der Waals surface area contributed by atoms with Crippen molar-refractivity contribution in [2.75, 3.05) is 58.2 Å². The third-order valence-corrected chi connectivity index (χ3v) is 16.3. The number of rotatable bonds is 21. The molecule has 27 heteroatoms. The van der Waals surface area contributed by atoms with Gasteiger partial charge in [-0.05, 0) is 101 Å². The minimum Gasteiger partial charge on any atom is -0.495 e. The number of aliphatic hydroxyl groups is 1. The fraction of sp³-hybridized carbons (Fsp3) is 0.525. The number of likely N-dealkylation sites (N-methyl/N-ethyl adjacent to an activating group) is 1. The highest BCUT2D eigenvalue weighted by atomic mass is 35.5. The van der Waals surface area contributed by atoms with Crippen LogP contribution in [0.25, 0.3) is 0 Å². The molecule has 2 aromatic carbocycles. The van der Waals surface area contributed by atoms with Gasteiger partial charge >= 0.3 is 18.1 Å². The monoisotopic (exact) mass is 1230 g/mol. The van der Waals surface area contributed by atoms with Crippen LogP contribution in [0.4, 0.5) is 21.0 Å². The van der Waals surface area contributed by atoms with Crippen molar-refractivity contribution in [3.05, 3.63) is 88.5 Å². The molecule has 468 valence electrons. The van der Waals surface area contributed by atoms with Crippen molar-refractivity contribution in [2.45, 2.75) is 140 Å². The second kappa shape index (κ2) is 29.6. The molecule has 0 aliphatic carbocycles. The molecule has 4 aliphatic heterocycles. The summed E-state index contributed by atoms with van der Waals surface area (Å²) in [6, 6.07) is 5.22. The number of ether oxygens (including phenoxy) is 5. The first-order valence-electron chi connectivity index (χ1n) is 28.3. The number of carbonyl (C=O) groups excluding carboxylic acids is 9. The van der Waals surface area contributed by atoms with Crippen molar-refractivity contribution >= 4 is 93.8 Å². The lowest BCUT2D eigenvalue weighted by Crippen LogP contribution is -2.63. The summed E-state index contributed by atoms with van der Waals surface area (Å²) >= 11 is 12.4. The summed E-state index contributed by atoms with van der Waals surface area (Å²) < 4.78 is 29.7. The summed E-state index contributed by atoms with van der Waals surface area (Å²) in [4.78, 5) is 124. The number of esters is 1. The van der Waals surface area contributed by atoms with Crippen LogP contribution in [-0.4, -0.2) is 175 Å². The second-order valence-electron chi connectivity index (χ2n) is 22.3. The zero-order chi connectivity index (χ0) is 63.4. The van der Waals surface area contributed by atoms with Crippen LogP contribution in [0.15, 0.2) is 72.4 Å². The Morgan fingerprint density at radius 2 is 1.67 bits per heavy atom. The van der Waals surface area contributed by atoms with Crippen molar-refractivity contribution in [1.82, 2.24) is 36.4 Å². The second-order valence-corrected chi connectivity index (χ2v) is 23.1. The number of hydrogen-bond donors (Lipinski definition) is 8. The molecule has 2 saturated heterocycles. The van der Waals surface area contributed by atoms with Crippen LogP contribution in [-0.2, 0) is 54.1 Å². The highest BCUT2D eigenvalue weighted by Crippen LogP contribution is 2.49. The molecule has 9 amide bonds. The van der Waals surface area contributed by atoms with E-state index in [1.165, 1.54) is 64.4 Å². The predicted octanol–water partition coefficient (Wildman–Crippen LogP) is 3.89. The lowest BCUT2D eigenvalue weighted by Gasteiger charge is -2.42. The van der Waals surface area contributed by atoms with Crippen molar-refractivity contribution in [1.29, 1.82) is 0 Å². The van der Waals surface area contributed by atoms with Gasteiger partial charge in [-0.3, -0.25) is 39.0 Å². The number of urea groups is 1. The first-order chi connectivity index (χ1) is 40.6. The summed E-state index contributed by atoms with van der Waals surface area (Å²) in [5, 5.41) is 28.8. The van der Waals surface area contributed by atoms with E-state index in [1.807, 2.05) is 13.0 Å². The summed E-state index contributed by atoms with van der Waals surface area (Å²) in [5.41, 5.74) is 3.84. The van der Waals surface area contributed by atoms with Crippen molar-refractivity contribution < 1.29 is 71.9 Å². The molecule has 0 unspecified atom stereocenters. The number of hydrogen-bond acceptors (Lipinski definition) is 16. The van der Waals surface area contributed by atoms with E-state index in [9.17, 15) is 48.3 Å². The number of fused-ring (bicyclic) bond motifs is 5. The maximum absolute atomic E-state index is 14.6. The molecular weight excluding hydrogens is 1160 g/mol. The van der Waals surface area contributed by atoms with E-state index in [4.69, 9.17) is 53.2 Å². The molecular formula is C59H79ClN10O15S. The summed E-state index contributed by atoms with van der Waals surface area (Å²) in [7, 11) is 5.72. The van der Waals surface area contributed by atoms with Gasteiger partial charge in [-0.25, -0.2) is 14.4 Å². The van der Waals surface area contributed by atoms with E-state index in [0.717, 1.165) is 20.9 Å². The number of nitrogens with one attached hydrogen (secondary N) is 6. The Morgan fingerprint density at radius 1 is 0.988 bits per heavy atom. The Hall–Kier alpha value is -7.65. The number of allylic oxidation sites excluding steroid dienone is 3. The third-order valence-electron chi connectivity index (χ3n) is 15.7. The van der Waals surface area contributed by atoms with Crippen molar-refractivity contribution in [2.24, 2.45) is 17.6 Å². The van der Waals surface area contributed by atoms with Crippen LogP contribution >= 0.6 is 23.8 Å². The zero-order valence-electron chi connectivity index (χ0n) is 50.0. The van der Waals surface area contributed by atoms with Crippen LogP contribution < -0.4 is 47.3 Å². The van der Waals surface area contributed by atoms with Crippen molar-refractivity contribution in [3.8, 4) is 5.75 Å². The lowest BCUT2D eigenvalue weighted by molar-refractivity contribution is -0.158. The number of amides is 9. The van der Waals surface area contributed by atoms with Gasteiger partial charge in [-0.2, -0.15) is 0 Å². The van der Waals surface area contributed by atoms with Gasteiger partial charge in [-0.1, -0.05) is 68.3 Å². The molecule has 9 N–H and O–H groups in total. The average molecular weight is 1240 g/mol. The van der Waals surface area contributed by atoms with Gasteiger partial charge in [0.2, 0.25) is 17.7 Å². The Morgan fingerprint density at radius 3 is 2.34 bits per heavy atom. The van der Waals surface area contributed by atoms with Gasteiger partial charge in [0.05, 0.1) is 36.6 Å². The molecule has 25 nitrogen and oxygen atoms in total. The zero-order valence-corrected chi connectivity index (χ0v) is 51.6. The largest absolute Gasteiger partial charge is 0.495 e. The molecule has 86 heavy (non-hydrogen) atoms. The van der Waals surface area contributed by atoms with E-state index >= 15 is 0 Å². The number of thiocarbonyl (C=S) groups is 1. The van der Waals surface area contributed by atoms with Gasteiger partial charge in [0.25, 0.3) is 17.7 Å². The third kappa shape index (κ3) is 16.9. The highest BCUT2D eigenvalue weighted by molar-refractivity contribution is 7.80. The number of benzene rings is 2. The molecule has 0 radical (unpaired) electrons. The van der Waals surface area contributed by atoms with Crippen LogP contribution in [0.5, 0.6) is 5.75 Å². The van der Waals surface area contributed by atoms with E-state index in [0.29, 0.717) is 37.2 Å². The molecule has 4 aliphatic rings. The Labute approximate surface area is 510 Å². The summed E-state index contributed by atoms with van der Waals surface area (Å²) in [5.74, 6) is -4.99. The number of imide groups is 1. The van der Waals surface area contributed by atoms with E-state index in [2.05, 4.69) is 31.9 Å². The number of para-hydroxylation sites is 1. The molecule has 4 bridgehead atoms. The molecule has 6 rings (SSSR count). The fourth-order valence-electron chi connectivity index (χ4n) is 10.4. The first kappa shape index (κ1) is 67.5. The van der Waals surface area contributed by atoms with Crippen molar-refractivity contribution in [3.63, 3.8) is 0 Å². The number of nitrogens with two attached hydrogens (primary N) is 1. The normalized spacial score (nSPS) is 25.0. The molecule has 2 fully saturated rings. The van der Waals surface area contributed by atoms with E-state index in [-0.39, 0.29) is 71.5 Å². The summed E-state index contributed by atoms with van der Waals surface area (Å²) in [6.45, 7) is 10.9. The Kier molecular flexibility index (Phi) is 23.3. The molecule has 0 aromatic heterocycles. The van der Waals surface area contributed by atoms with Gasteiger partial charge in [0.15, 0.2) is 10.8 Å². The smallest absolute Gasteiger partial charge is 0.409 e. The SMILES string of the molecule is COc1cc2cc(c1Cl)N(C)C(=O)C[C@H](OC(=O)[C@H](C)N(C)C(=O)c1ccccc1NC(=O)[C@H](CCCNC(N)=O)NC(=O)[C@@H](NC(=S)NCCCCN1C(=O)C=CC1=O)C(C)C)[C@]1(C)O[C@H]1[C@H](C)[C@@H]1C[C@@](O)(NC(=O)O1)[C@H](OC)/C=C/C=C(\C)C2. The quantitative estimate of drug-likeness (QED) is 0.0289. The maximum Gasteiger partial charge on any atom is 0.409 e. The maximum atomic E-state index is 14.6. The van der Waals surface area contributed by atoms with Gasteiger partial charge < -0.3 is 70.9 Å². The number of halogens is 1. The topological polar surface area (TPSA) is 331 Å². The molecule has 0 spiro atoms. The van der Waals surface area contributed by atoms with E-state index in [1.54, 1.807) is 64.1 Å². The number of methoxy groups -OCH3 is 2. The number of primary amides is 1. The minimum atomic E-state index is -1.93. The number of nitrogens with zero attached hydrogens (tertiary/aromatic N) is 3. The van der Waals surface area contributed by atoms with Gasteiger partial charge in [0, 0.05) is 65.3 Å². The molecule has 10 atom stereocenters. The Bertz CT molecular complexity index is 3000. The highest BCUT2D eigenvalue weighted by Gasteiger charge is 2.64. The first-order valence-corrected chi connectivity index (χ1v) is 29.1. The van der Waals surface area contributed by atoms with Gasteiger partial charge in [0.1, 0.15) is 52.8 Å². The number of anilines is 2. The van der Waals surface area contributed by atoms with Crippen LogP contribution in [0, 0.1) is 11.8 Å². The molecule has 2 aromatic rings. The van der Waals surface area contributed by atoms with Gasteiger partial charge in [-0.15, -0.1) is 0 Å². The number of epoxide rings is 1. The van der Waals surface area contributed by atoms with Crippen LogP contribution in [0.1, 0.15) is 96.0 Å². The minimum absolute atomic E-state index is 0.00550. The Balaban J connectivity index is 1.20.